The lowest BCUT2D eigenvalue weighted by atomic mass is 9.82. The molecule has 0 unspecified atom stereocenters. The van der Waals surface area contributed by atoms with Gasteiger partial charge in [0.15, 0.2) is 0 Å². The predicted octanol–water partition coefficient (Wildman–Crippen LogP) is 14.7. The number of hydrogen-bond acceptors (Lipinski definition) is 1. The molecule has 0 bridgehead atoms. The van der Waals surface area contributed by atoms with Crippen molar-refractivity contribution in [2.75, 3.05) is 0 Å². The van der Waals surface area contributed by atoms with Crippen LogP contribution in [0.25, 0.3) is 108 Å². The van der Waals surface area contributed by atoms with Crippen molar-refractivity contribution in [1.82, 2.24) is 0 Å². The Balaban J connectivity index is 1.26. The first-order valence-electron chi connectivity index (χ1n) is 17.6. The van der Waals surface area contributed by atoms with E-state index < -0.39 is 0 Å². The highest BCUT2D eigenvalue weighted by molar-refractivity contribution is 7.23. The number of fused-ring (bicyclic) bond motifs is 7. The minimum absolute atomic E-state index is 1.25. The van der Waals surface area contributed by atoms with Crippen molar-refractivity contribution >= 4 is 53.7 Å². The summed E-state index contributed by atoms with van der Waals surface area (Å²) in [6, 6.07) is 67.2. The maximum atomic E-state index is 2.42. The van der Waals surface area contributed by atoms with Crippen molar-refractivity contribution in [2.45, 2.75) is 0 Å². The Morgan fingerprint density at radius 2 is 0.804 bits per heavy atom. The van der Waals surface area contributed by atoms with Crippen LogP contribution in [0.3, 0.4) is 0 Å². The fourth-order valence-electron chi connectivity index (χ4n) is 8.67. The number of rotatable bonds is 4. The van der Waals surface area contributed by atoms with Crippen LogP contribution in [0, 0.1) is 0 Å². The molecule has 1 aliphatic rings. The molecule has 0 aliphatic heterocycles. The molecule has 51 heavy (non-hydrogen) atoms. The molecule has 1 heterocycles. The summed E-state index contributed by atoms with van der Waals surface area (Å²) < 4.78 is 1.34. The molecule has 0 nitrogen and oxygen atoms in total. The van der Waals surface area contributed by atoms with Crippen LogP contribution < -0.4 is 0 Å². The Bertz CT molecular complexity index is 2900. The van der Waals surface area contributed by atoms with Gasteiger partial charge in [-0.3, -0.25) is 0 Å². The molecular weight excluding hydrogens is 633 g/mol. The molecule has 0 N–H and O–H groups in total. The SMILES string of the molecule is c1ccc(-c2cc3c(s2)c(-c2ccc4c5c(cccc25)-c2c-4c(-c4ccccc4)c4ccccc4c2-c2ccccc2)cc2ccccc23)cc1. The summed E-state index contributed by atoms with van der Waals surface area (Å²) in [5.41, 5.74) is 14.3. The third kappa shape index (κ3) is 4.19. The van der Waals surface area contributed by atoms with E-state index in [2.05, 4.69) is 182 Å². The first kappa shape index (κ1) is 28.5. The van der Waals surface area contributed by atoms with Crippen LogP contribution in [0.5, 0.6) is 0 Å². The maximum Gasteiger partial charge on any atom is 0.0434 e. The smallest absolute Gasteiger partial charge is 0.0434 e. The number of benzene rings is 9. The molecule has 9 aromatic carbocycles. The van der Waals surface area contributed by atoms with E-state index in [0.29, 0.717) is 0 Å². The summed E-state index contributed by atoms with van der Waals surface area (Å²) >= 11 is 1.91. The fraction of sp³-hybridized carbons (Fsp3) is 0. The van der Waals surface area contributed by atoms with Crippen LogP contribution in [0.1, 0.15) is 0 Å². The van der Waals surface area contributed by atoms with E-state index in [1.165, 1.54) is 108 Å². The molecule has 0 fully saturated rings. The zero-order chi connectivity index (χ0) is 33.5. The average molecular weight is 663 g/mol. The van der Waals surface area contributed by atoms with Crippen molar-refractivity contribution in [3.8, 4) is 66.1 Å². The van der Waals surface area contributed by atoms with E-state index in [9.17, 15) is 0 Å². The van der Waals surface area contributed by atoms with Gasteiger partial charge in [0.05, 0.1) is 0 Å². The Kier molecular flexibility index (Phi) is 6.22. The molecule has 236 valence electrons. The van der Waals surface area contributed by atoms with Gasteiger partial charge in [0, 0.05) is 20.5 Å². The Labute approximate surface area is 300 Å². The molecule has 0 spiro atoms. The van der Waals surface area contributed by atoms with E-state index in [0.717, 1.165) is 0 Å². The van der Waals surface area contributed by atoms with Crippen molar-refractivity contribution in [1.29, 1.82) is 0 Å². The molecule has 1 aliphatic carbocycles. The Hall–Kier alpha value is -6.28. The topological polar surface area (TPSA) is 0 Å². The van der Waals surface area contributed by atoms with Gasteiger partial charge in [0.1, 0.15) is 0 Å². The minimum atomic E-state index is 1.25. The highest BCUT2D eigenvalue weighted by Gasteiger charge is 2.31. The van der Waals surface area contributed by atoms with Crippen LogP contribution in [0.15, 0.2) is 182 Å². The number of hydrogen-bond donors (Lipinski definition) is 0. The van der Waals surface area contributed by atoms with Crippen molar-refractivity contribution < 1.29 is 0 Å². The zero-order valence-corrected chi connectivity index (χ0v) is 28.5. The Morgan fingerprint density at radius 1 is 0.294 bits per heavy atom. The fourth-order valence-corrected chi connectivity index (χ4v) is 9.88. The van der Waals surface area contributed by atoms with E-state index in [1.807, 2.05) is 11.3 Å². The average Bonchev–Trinajstić information content (AvgIpc) is 3.80. The second kappa shape index (κ2) is 11.1. The maximum absolute atomic E-state index is 2.42. The first-order valence-corrected chi connectivity index (χ1v) is 18.4. The third-order valence-electron chi connectivity index (χ3n) is 10.8. The summed E-state index contributed by atoms with van der Waals surface area (Å²) in [5, 5.41) is 9.12. The first-order chi connectivity index (χ1) is 25.3. The molecule has 11 rings (SSSR count). The van der Waals surface area contributed by atoms with Gasteiger partial charge in [-0.05, 0) is 100 Å². The highest BCUT2D eigenvalue weighted by Crippen LogP contribution is 2.59. The molecule has 10 aromatic rings. The molecule has 0 saturated carbocycles. The predicted molar refractivity (Wildman–Crippen MR) is 221 cm³/mol. The molecule has 0 atom stereocenters. The quantitative estimate of drug-likeness (QED) is 0.176. The van der Waals surface area contributed by atoms with E-state index >= 15 is 0 Å². The zero-order valence-electron chi connectivity index (χ0n) is 27.7. The van der Waals surface area contributed by atoms with Crippen molar-refractivity contribution in [2.24, 2.45) is 0 Å². The lowest BCUT2D eigenvalue weighted by Crippen LogP contribution is -1.93. The van der Waals surface area contributed by atoms with Gasteiger partial charge < -0.3 is 0 Å². The van der Waals surface area contributed by atoms with Crippen LogP contribution in [0.2, 0.25) is 0 Å². The van der Waals surface area contributed by atoms with Gasteiger partial charge in [0.2, 0.25) is 0 Å². The van der Waals surface area contributed by atoms with Crippen molar-refractivity contribution in [3.05, 3.63) is 182 Å². The van der Waals surface area contributed by atoms with E-state index in [1.54, 1.807) is 0 Å². The van der Waals surface area contributed by atoms with Gasteiger partial charge in [-0.15, -0.1) is 11.3 Å². The van der Waals surface area contributed by atoms with Crippen LogP contribution in [-0.2, 0) is 0 Å². The van der Waals surface area contributed by atoms with Gasteiger partial charge in [-0.2, -0.15) is 0 Å². The third-order valence-corrected chi connectivity index (χ3v) is 12.0. The number of thiophene rings is 1. The summed E-state index contributed by atoms with van der Waals surface area (Å²) in [7, 11) is 0. The monoisotopic (exact) mass is 662 g/mol. The minimum Gasteiger partial charge on any atom is -0.135 e. The molecule has 1 aromatic heterocycles. The Morgan fingerprint density at radius 3 is 1.45 bits per heavy atom. The molecule has 0 amide bonds. The van der Waals surface area contributed by atoms with E-state index in [4.69, 9.17) is 0 Å². The van der Waals surface area contributed by atoms with Crippen LogP contribution in [-0.4, -0.2) is 0 Å². The molecule has 1 heteroatoms. The summed E-state index contributed by atoms with van der Waals surface area (Å²) in [5.74, 6) is 0. The summed E-state index contributed by atoms with van der Waals surface area (Å²) in [6.45, 7) is 0. The molecule has 0 radical (unpaired) electrons. The van der Waals surface area contributed by atoms with Gasteiger partial charge in [0.25, 0.3) is 0 Å². The molecule has 0 saturated heterocycles. The summed E-state index contributed by atoms with van der Waals surface area (Å²) in [4.78, 5) is 1.30. The van der Waals surface area contributed by atoms with Gasteiger partial charge in [-0.25, -0.2) is 0 Å². The standard InChI is InChI=1S/C50H30S/c1-4-15-31(16-5-1)44-30-43-35-22-11-10-21-34(35)29-42(50(43)51-44)36-27-28-41-47-37(36)25-14-26-40(47)48-45(32-17-6-2-7-18-32)38-23-12-13-24-39(38)46(49(41)48)33-19-8-3-9-20-33/h1-30H. The molecular formula is C50H30S. The van der Waals surface area contributed by atoms with Gasteiger partial charge >= 0.3 is 0 Å². The second-order valence-electron chi connectivity index (χ2n) is 13.5. The van der Waals surface area contributed by atoms with Gasteiger partial charge in [-0.1, -0.05) is 170 Å². The normalized spacial score (nSPS) is 11.9. The van der Waals surface area contributed by atoms with Crippen LogP contribution in [0.4, 0.5) is 0 Å². The van der Waals surface area contributed by atoms with Crippen LogP contribution >= 0.6 is 11.3 Å². The van der Waals surface area contributed by atoms with E-state index in [-0.39, 0.29) is 0 Å². The highest BCUT2D eigenvalue weighted by atomic mass is 32.1. The summed E-state index contributed by atoms with van der Waals surface area (Å²) in [6.07, 6.45) is 0. The van der Waals surface area contributed by atoms with Crippen molar-refractivity contribution in [3.63, 3.8) is 0 Å². The lowest BCUT2D eigenvalue weighted by molar-refractivity contribution is 1.62. The second-order valence-corrected chi connectivity index (χ2v) is 14.6. The lowest BCUT2D eigenvalue weighted by Gasteiger charge is -2.20. The largest absolute Gasteiger partial charge is 0.135 e.